The lowest BCUT2D eigenvalue weighted by Gasteiger charge is -2.05. The molecule has 1 N–H and O–H groups in total. The number of phenols is 1. The lowest BCUT2D eigenvalue weighted by Crippen LogP contribution is -1.90. The van der Waals surface area contributed by atoms with E-state index in [9.17, 15) is 5.11 Å². The van der Waals surface area contributed by atoms with Gasteiger partial charge < -0.3 is 9.84 Å². The molecule has 0 saturated heterocycles. The van der Waals surface area contributed by atoms with E-state index in [1.165, 1.54) is 7.11 Å². The first-order valence-corrected chi connectivity index (χ1v) is 5.84. The molecule has 0 atom stereocenters. The van der Waals surface area contributed by atoms with E-state index in [1.807, 2.05) is 30.3 Å². The van der Waals surface area contributed by atoms with Crippen LogP contribution >= 0.6 is 12.6 Å². The van der Waals surface area contributed by atoms with Crippen molar-refractivity contribution in [2.75, 3.05) is 7.11 Å². The summed E-state index contributed by atoms with van der Waals surface area (Å²) in [7, 11) is 1.52. The number of para-hydroxylation sites is 1. The normalized spacial score (nSPS) is 10.8. The third-order valence-electron chi connectivity index (χ3n) is 2.43. The van der Waals surface area contributed by atoms with Crippen LogP contribution in [-0.4, -0.2) is 18.4 Å². The number of methoxy groups -OCH3 is 1. The van der Waals surface area contributed by atoms with Crippen molar-refractivity contribution < 1.29 is 9.84 Å². The minimum atomic E-state index is 0.104. The molecule has 2 aromatic carbocycles. The average molecular weight is 259 g/mol. The number of aliphatic imine (C=N–C) groups is 1. The predicted octanol–water partition coefficient (Wildman–Crippen LogP) is 3.44. The fraction of sp³-hybridized carbons (Fsp3) is 0.0714. The number of benzene rings is 2. The summed E-state index contributed by atoms with van der Waals surface area (Å²) in [6, 6.07) is 12.6. The molecule has 18 heavy (non-hydrogen) atoms. The smallest absolute Gasteiger partial charge is 0.169 e. The molecule has 0 bridgehead atoms. The molecule has 2 aromatic rings. The van der Waals surface area contributed by atoms with Crippen LogP contribution in [0.25, 0.3) is 0 Å². The highest BCUT2D eigenvalue weighted by Gasteiger charge is 2.05. The SMILES string of the molecule is COc1c(O)cccc1C=Nc1ccc(S)cc1. The van der Waals surface area contributed by atoms with Crippen LogP contribution in [0, 0.1) is 0 Å². The Morgan fingerprint density at radius 3 is 2.56 bits per heavy atom. The van der Waals surface area contributed by atoms with Gasteiger partial charge in [0.25, 0.3) is 0 Å². The quantitative estimate of drug-likeness (QED) is 0.655. The second-order valence-corrected chi connectivity index (χ2v) is 4.19. The topological polar surface area (TPSA) is 41.8 Å². The molecule has 0 amide bonds. The van der Waals surface area contributed by atoms with Gasteiger partial charge in [0, 0.05) is 16.7 Å². The van der Waals surface area contributed by atoms with Crippen LogP contribution in [0.2, 0.25) is 0 Å². The molecule has 0 aliphatic heterocycles. The van der Waals surface area contributed by atoms with Crippen LogP contribution in [-0.2, 0) is 0 Å². The molecule has 0 radical (unpaired) electrons. The van der Waals surface area contributed by atoms with Gasteiger partial charge >= 0.3 is 0 Å². The first-order chi connectivity index (χ1) is 8.70. The van der Waals surface area contributed by atoms with Crippen molar-refractivity contribution in [3.63, 3.8) is 0 Å². The van der Waals surface area contributed by atoms with Gasteiger partial charge in [0.1, 0.15) is 0 Å². The maximum atomic E-state index is 9.63. The number of hydrogen-bond donors (Lipinski definition) is 2. The van der Waals surface area contributed by atoms with E-state index in [0.717, 1.165) is 16.1 Å². The number of nitrogens with zero attached hydrogens (tertiary/aromatic N) is 1. The Hall–Kier alpha value is -1.94. The van der Waals surface area contributed by atoms with Gasteiger partial charge in [-0.1, -0.05) is 6.07 Å². The summed E-state index contributed by atoms with van der Waals surface area (Å²) in [5, 5.41) is 9.63. The molecule has 0 unspecified atom stereocenters. The van der Waals surface area contributed by atoms with Crippen LogP contribution < -0.4 is 4.74 Å². The van der Waals surface area contributed by atoms with E-state index >= 15 is 0 Å². The molecule has 4 heteroatoms. The maximum absolute atomic E-state index is 9.63. The van der Waals surface area contributed by atoms with Gasteiger partial charge in [-0.05, 0) is 36.4 Å². The zero-order valence-electron chi connectivity index (χ0n) is 9.87. The molecule has 3 nitrogen and oxygen atoms in total. The second kappa shape index (κ2) is 5.60. The minimum absolute atomic E-state index is 0.104. The fourth-order valence-corrected chi connectivity index (χ4v) is 1.70. The third kappa shape index (κ3) is 2.84. The molecular formula is C14H13NO2S. The standard InChI is InChI=1S/C14H13NO2S/c1-17-14-10(3-2-4-13(14)16)9-15-11-5-7-12(18)8-6-11/h2-9,16,18H,1H3. The van der Waals surface area contributed by atoms with Crippen LogP contribution in [0.3, 0.4) is 0 Å². The van der Waals surface area contributed by atoms with Crippen molar-refractivity contribution >= 4 is 24.5 Å². The van der Waals surface area contributed by atoms with Gasteiger partial charge in [0.15, 0.2) is 11.5 Å². The highest BCUT2D eigenvalue weighted by molar-refractivity contribution is 7.80. The minimum Gasteiger partial charge on any atom is -0.504 e. The Morgan fingerprint density at radius 1 is 1.17 bits per heavy atom. The fourth-order valence-electron chi connectivity index (χ4n) is 1.55. The summed E-state index contributed by atoms with van der Waals surface area (Å²) in [6.45, 7) is 0. The largest absolute Gasteiger partial charge is 0.504 e. The Morgan fingerprint density at radius 2 is 1.89 bits per heavy atom. The highest BCUT2D eigenvalue weighted by atomic mass is 32.1. The molecular weight excluding hydrogens is 246 g/mol. The van der Waals surface area contributed by atoms with E-state index in [1.54, 1.807) is 18.3 Å². The number of thiol groups is 1. The van der Waals surface area contributed by atoms with Crippen molar-refractivity contribution in [3.8, 4) is 11.5 Å². The van der Waals surface area contributed by atoms with Gasteiger partial charge in [-0.3, -0.25) is 4.99 Å². The van der Waals surface area contributed by atoms with E-state index in [-0.39, 0.29) is 5.75 Å². The monoisotopic (exact) mass is 259 g/mol. The first-order valence-electron chi connectivity index (χ1n) is 5.40. The zero-order chi connectivity index (χ0) is 13.0. The Bertz CT molecular complexity index is 565. The first kappa shape index (κ1) is 12.5. The molecule has 0 aliphatic carbocycles. The number of aromatic hydroxyl groups is 1. The van der Waals surface area contributed by atoms with E-state index in [2.05, 4.69) is 17.6 Å². The molecule has 92 valence electrons. The summed E-state index contributed by atoms with van der Waals surface area (Å²) in [4.78, 5) is 5.21. The van der Waals surface area contributed by atoms with Gasteiger partial charge in [0.05, 0.1) is 12.8 Å². The molecule has 0 aromatic heterocycles. The third-order valence-corrected chi connectivity index (χ3v) is 2.73. The molecule has 0 spiro atoms. The Balaban J connectivity index is 2.28. The molecule has 0 fully saturated rings. The average Bonchev–Trinajstić information content (AvgIpc) is 2.38. The van der Waals surface area contributed by atoms with E-state index in [4.69, 9.17) is 4.74 Å². The van der Waals surface area contributed by atoms with E-state index < -0.39 is 0 Å². The van der Waals surface area contributed by atoms with Crippen LogP contribution in [0.1, 0.15) is 5.56 Å². The van der Waals surface area contributed by atoms with Crippen molar-refractivity contribution in [2.24, 2.45) is 4.99 Å². The zero-order valence-corrected chi connectivity index (χ0v) is 10.8. The number of hydrogen-bond acceptors (Lipinski definition) is 4. The Labute approximate surface area is 111 Å². The summed E-state index contributed by atoms with van der Waals surface area (Å²) >= 11 is 4.21. The van der Waals surface area contributed by atoms with Crippen molar-refractivity contribution in [3.05, 3.63) is 48.0 Å². The summed E-state index contributed by atoms with van der Waals surface area (Å²) in [5.74, 6) is 0.527. The van der Waals surface area contributed by atoms with Gasteiger partial charge in [-0.25, -0.2) is 0 Å². The van der Waals surface area contributed by atoms with Crippen LogP contribution in [0.15, 0.2) is 52.4 Å². The van der Waals surface area contributed by atoms with Gasteiger partial charge in [0.2, 0.25) is 0 Å². The van der Waals surface area contributed by atoms with Crippen LogP contribution in [0.5, 0.6) is 11.5 Å². The number of ether oxygens (including phenoxy) is 1. The molecule has 0 saturated carbocycles. The van der Waals surface area contributed by atoms with Crippen molar-refractivity contribution in [1.29, 1.82) is 0 Å². The molecule has 2 rings (SSSR count). The summed E-state index contributed by atoms with van der Waals surface area (Å²) < 4.78 is 5.13. The summed E-state index contributed by atoms with van der Waals surface area (Å²) in [5.41, 5.74) is 1.55. The lowest BCUT2D eigenvalue weighted by atomic mass is 10.2. The highest BCUT2D eigenvalue weighted by Crippen LogP contribution is 2.28. The number of phenolic OH excluding ortho intramolecular Hbond substituents is 1. The van der Waals surface area contributed by atoms with Crippen molar-refractivity contribution in [2.45, 2.75) is 4.90 Å². The van der Waals surface area contributed by atoms with E-state index in [0.29, 0.717) is 5.75 Å². The molecule has 0 heterocycles. The predicted molar refractivity (Wildman–Crippen MR) is 75.6 cm³/mol. The Kier molecular flexibility index (Phi) is 3.89. The van der Waals surface area contributed by atoms with Crippen molar-refractivity contribution in [1.82, 2.24) is 0 Å². The summed E-state index contributed by atoms with van der Waals surface area (Å²) in [6.07, 6.45) is 1.66. The lowest BCUT2D eigenvalue weighted by molar-refractivity contribution is 0.373. The van der Waals surface area contributed by atoms with Crippen LogP contribution in [0.4, 0.5) is 5.69 Å². The maximum Gasteiger partial charge on any atom is 0.169 e. The number of rotatable bonds is 3. The van der Waals surface area contributed by atoms with Gasteiger partial charge in [-0.2, -0.15) is 0 Å². The second-order valence-electron chi connectivity index (χ2n) is 3.67. The van der Waals surface area contributed by atoms with Gasteiger partial charge in [-0.15, -0.1) is 12.6 Å². The molecule has 0 aliphatic rings.